The highest BCUT2D eigenvalue weighted by Gasteiger charge is 2.80. The Labute approximate surface area is 494 Å². The topological polar surface area (TPSA) is 268 Å². The van der Waals surface area contributed by atoms with E-state index in [2.05, 4.69) is 17.6 Å². The Bertz CT molecular complexity index is 2480. The predicted octanol–water partition coefficient (Wildman–Crippen LogP) is 7.18. The molecule has 2 aliphatic heterocycles. The van der Waals surface area contributed by atoms with Gasteiger partial charge in [0, 0.05) is 54.5 Å². The Kier molecular flexibility index (Phi) is 17.1. The highest BCUT2D eigenvalue weighted by Crippen LogP contribution is 2.77. The molecule has 15 nitrogen and oxygen atoms in total. The summed E-state index contributed by atoms with van der Waals surface area (Å²) in [4.78, 5) is 16.2. The lowest BCUT2D eigenvalue weighted by atomic mass is 9.37. The molecule has 1 saturated heterocycles. The van der Waals surface area contributed by atoms with Crippen molar-refractivity contribution in [2.45, 2.75) is 278 Å². The average Bonchev–Trinajstić information content (AvgIpc) is 1.78. The lowest BCUT2D eigenvalue weighted by Crippen LogP contribution is -2.74. The normalized spacial score (nSPS) is 47.6. The van der Waals surface area contributed by atoms with Crippen LogP contribution in [0.4, 0.5) is 0 Å². The molecular weight excluding hydrogens is 1050 g/mol. The van der Waals surface area contributed by atoms with Crippen LogP contribution in [-0.4, -0.2) is 143 Å². The zero-order valence-electron chi connectivity index (χ0n) is 50.6. The summed E-state index contributed by atoms with van der Waals surface area (Å²) in [7, 11) is 0. The van der Waals surface area contributed by atoms with Crippen LogP contribution in [0.1, 0.15) is 207 Å². The van der Waals surface area contributed by atoms with E-state index in [1.165, 1.54) is 32.1 Å². The van der Waals surface area contributed by atoms with Crippen LogP contribution in [0.25, 0.3) is 0 Å². The van der Waals surface area contributed by atoms with Crippen molar-refractivity contribution in [1.82, 2.24) is 10.6 Å². The maximum absolute atomic E-state index is 16.2. The smallest absolute Gasteiger partial charge is 0.182 e. The maximum Gasteiger partial charge on any atom is 0.182 e. The number of carbonyl (C=O) groups excluding carboxylic acids is 1. The Balaban J connectivity index is 0.990. The number of hydrogen-bond acceptors (Lipinski definition) is 15. The number of nitrogens with two attached hydrogens (primary N) is 1. The fourth-order valence-corrected chi connectivity index (χ4v) is 22.3. The number of allylic oxidation sites excluding steroid dienone is 5. The van der Waals surface area contributed by atoms with Crippen molar-refractivity contribution in [1.29, 1.82) is 0 Å². The molecule has 13 N–H and O–H groups in total. The van der Waals surface area contributed by atoms with Gasteiger partial charge in [0.05, 0.1) is 71.4 Å². The second-order valence-corrected chi connectivity index (χ2v) is 30.4. The van der Waals surface area contributed by atoms with Crippen molar-refractivity contribution in [3.63, 3.8) is 0 Å². The number of aliphatic hydroxyl groups is 9. The summed E-state index contributed by atoms with van der Waals surface area (Å²) in [5, 5.41) is 122. The van der Waals surface area contributed by atoms with Crippen molar-refractivity contribution >= 4 is 5.78 Å². The van der Waals surface area contributed by atoms with Crippen LogP contribution < -0.4 is 16.4 Å². The predicted molar refractivity (Wildman–Crippen MR) is 315 cm³/mol. The van der Waals surface area contributed by atoms with Gasteiger partial charge >= 0.3 is 0 Å². The lowest BCUT2D eigenvalue weighted by Gasteiger charge is -2.69. The van der Waals surface area contributed by atoms with E-state index in [0.29, 0.717) is 74.1 Å². The van der Waals surface area contributed by atoms with E-state index in [1.807, 2.05) is 24.3 Å². The van der Waals surface area contributed by atoms with Gasteiger partial charge in [-0.2, -0.15) is 0 Å². The van der Waals surface area contributed by atoms with Crippen LogP contribution >= 0.6 is 0 Å². The molecule has 21 atom stereocenters. The number of fused-ring (bicyclic) bond motifs is 5. The first kappa shape index (κ1) is 61.0. The SMILES string of the molecule is CCC[C@@H]1CC[C@H]2[C@@H]3[C@H](O)CCC[C@](O)([C@](C)(O)[C@H]4CC[C@@]5(O)C6=C(NC[C@H](C)O)C(=O)[C@@H]7C[C@@H](O)[C@@H](O)C[C@@]78C[C@H](C7=C(CCCO)NC(N)C=C7)C=C[C@@](O)(C[C@]45C4CCC(CCO[C@H]5CCC7(CCCC7)C5)CC4)[C@@H]68)[C@@H]3O[C@@H]2CC1. The summed E-state index contributed by atoms with van der Waals surface area (Å²) >= 11 is 0. The molecule has 12 aliphatic rings. The quantitative estimate of drug-likeness (QED) is 0.0683. The number of rotatable bonds is 16. The van der Waals surface area contributed by atoms with Crippen LogP contribution in [0.15, 0.2) is 46.8 Å². The third kappa shape index (κ3) is 10.2. The fraction of sp³-hybridized carbons (Fsp3) is 0.868. The molecule has 10 aliphatic carbocycles. The van der Waals surface area contributed by atoms with Crippen LogP contribution in [0.5, 0.6) is 0 Å². The fourth-order valence-electron chi connectivity index (χ4n) is 22.3. The Hall–Kier alpha value is -2.25. The number of dihydropyridines is 1. The number of ketones is 1. The lowest BCUT2D eigenvalue weighted by molar-refractivity contribution is -0.276. The molecule has 2 heterocycles. The number of hydrogen-bond donors (Lipinski definition) is 12. The Morgan fingerprint density at radius 2 is 1.61 bits per heavy atom. The molecular formula is C68H107N3O12. The monoisotopic (exact) mass is 1160 g/mol. The maximum atomic E-state index is 16.2. The minimum Gasteiger partial charge on any atom is -0.396 e. The summed E-state index contributed by atoms with van der Waals surface area (Å²) in [6.45, 7) is 6.28. The van der Waals surface area contributed by atoms with E-state index in [0.717, 1.165) is 81.9 Å². The molecule has 15 heteroatoms. The molecule has 0 aromatic rings. The number of ether oxygens (including phenoxy) is 2. The number of Topliss-reactive ketones (excluding diaryl/α,β-unsaturated/α-hetero) is 1. The van der Waals surface area contributed by atoms with Gasteiger partial charge in [0.15, 0.2) is 5.78 Å². The van der Waals surface area contributed by atoms with Crippen molar-refractivity contribution < 1.29 is 60.2 Å². The molecule has 0 aromatic heterocycles. The van der Waals surface area contributed by atoms with E-state index in [-0.39, 0.29) is 87.5 Å². The van der Waals surface area contributed by atoms with Gasteiger partial charge in [0.25, 0.3) is 0 Å². The third-order valence-corrected chi connectivity index (χ3v) is 26.0. The average molecular weight is 1160 g/mol. The first-order valence-corrected chi connectivity index (χ1v) is 33.8. The van der Waals surface area contributed by atoms with E-state index < -0.39 is 99.5 Å². The van der Waals surface area contributed by atoms with Gasteiger partial charge in [-0.15, -0.1) is 0 Å². The first-order valence-electron chi connectivity index (χ1n) is 33.8. The molecule has 2 spiro atoms. The standard InChI is InChI=1S/C68H107N3O12/c1-4-9-41-14-18-47-53(20-15-41)83-61-56(47)50(74)11-7-28-68(61,81)62(3,78)54-24-31-67(80)57-58(70-38-40(2)73)59(77)48-34-51(75)52(76)37-64(48)35-43(46-19-21-55(69)71-49(46)10-8-32-72)22-30-65(79,60(57)64)39-66(54,67)44-16-12-42(13-17-44)25-33-82-45-23-29-63(36-45)26-5-6-27-63/h19,21-22,30,40-45,47-48,50-56,60-61,70-76,78-81H,4-18,20,23-29,31-39,69H2,1-3H3/t40-,41+,42?,43+,44?,45-,47+,48-,50+,51+,52-,53+,54+,55?,56+,60-,61+,62+,64-,65+,66-,67+,68+/m0/s1. The van der Waals surface area contributed by atoms with E-state index in [9.17, 15) is 40.9 Å². The summed E-state index contributed by atoms with van der Waals surface area (Å²) in [6, 6.07) is 0. The number of nitrogens with one attached hydrogen (secondary N) is 2. The van der Waals surface area contributed by atoms with Crippen molar-refractivity contribution in [2.75, 3.05) is 19.8 Å². The molecule has 12 rings (SSSR count). The Morgan fingerprint density at radius 1 is 0.867 bits per heavy atom. The molecule has 0 aromatic carbocycles. The number of carbonyl (C=O) groups is 1. The van der Waals surface area contributed by atoms with Crippen LogP contribution in [0.3, 0.4) is 0 Å². The second kappa shape index (κ2) is 23.3. The van der Waals surface area contributed by atoms with Crippen LogP contribution in [0.2, 0.25) is 0 Å². The van der Waals surface area contributed by atoms with E-state index >= 15 is 9.90 Å². The van der Waals surface area contributed by atoms with Crippen molar-refractivity contribution in [2.24, 2.45) is 75.2 Å². The van der Waals surface area contributed by atoms with E-state index in [1.54, 1.807) is 13.8 Å². The summed E-state index contributed by atoms with van der Waals surface area (Å²) in [6.07, 6.45) is 24.0. The zero-order chi connectivity index (χ0) is 58.5. The van der Waals surface area contributed by atoms with Gasteiger partial charge < -0.3 is 71.8 Å². The minimum atomic E-state index is -1.96. The second-order valence-electron chi connectivity index (χ2n) is 30.4. The zero-order valence-corrected chi connectivity index (χ0v) is 50.6. The first-order chi connectivity index (χ1) is 39.7. The minimum absolute atomic E-state index is 0.00528. The van der Waals surface area contributed by atoms with Gasteiger partial charge in [-0.05, 0) is 213 Å². The van der Waals surface area contributed by atoms with Crippen molar-refractivity contribution in [3.8, 4) is 0 Å². The highest BCUT2D eigenvalue weighted by molar-refractivity contribution is 6.00. The highest BCUT2D eigenvalue weighted by atomic mass is 16.5. The molecule has 0 radical (unpaired) electrons. The van der Waals surface area contributed by atoms with Gasteiger partial charge in [0.2, 0.25) is 0 Å². The summed E-state index contributed by atoms with van der Waals surface area (Å²) in [5.41, 5.74) is -0.871. The van der Waals surface area contributed by atoms with Crippen molar-refractivity contribution in [3.05, 3.63) is 46.8 Å². The molecule has 0 bridgehead atoms. The van der Waals surface area contributed by atoms with Crippen LogP contribution in [-0.2, 0) is 14.3 Å². The molecule has 9 fully saturated rings. The van der Waals surface area contributed by atoms with Gasteiger partial charge in [0.1, 0.15) is 5.60 Å². The summed E-state index contributed by atoms with van der Waals surface area (Å²) in [5.74, 6) is -3.21. The molecule has 1 unspecified atom stereocenters. The molecule has 83 heavy (non-hydrogen) atoms. The van der Waals surface area contributed by atoms with E-state index in [4.69, 9.17) is 15.2 Å². The molecule has 0 amide bonds. The third-order valence-electron chi connectivity index (χ3n) is 26.0. The molecule has 8 saturated carbocycles. The largest absolute Gasteiger partial charge is 0.396 e. The van der Waals surface area contributed by atoms with Gasteiger partial charge in [-0.1, -0.05) is 70.1 Å². The van der Waals surface area contributed by atoms with Gasteiger partial charge in [-0.25, -0.2) is 0 Å². The summed E-state index contributed by atoms with van der Waals surface area (Å²) < 4.78 is 13.9. The van der Waals surface area contributed by atoms with Crippen LogP contribution in [0, 0.1) is 69.5 Å². The molecule has 466 valence electrons. The van der Waals surface area contributed by atoms with Gasteiger partial charge in [-0.3, -0.25) is 4.79 Å². The number of aliphatic hydroxyl groups excluding tert-OH is 5. The Morgan fingerprint density at radius 3 is 2.36 bits per heavy atom.